The zero-order valence-electron chi connectivity index (χ0n) is 2.56. The van der Waals surface area contributed by atoms with Crippen molar-refractivity contribution in [2.75, 3.05) is 7.11 Å². The molecule has 0 aliphatic carbocycles. The topological polar surface area (TPSA) is 37.3 Å². The molecule has 0 atom stereocenters. The van der Waals surface area contributed by atoms with Crippen molar-refractivity contribution in [2.45, 2.75) is 0 Å². The van der Waals surface area contributed by atoms with Crippen molar-refractivity contribution in [2.24, 2.45) is 0 Å². The highest BCUT2D eigenvalue weighted by atomic mass is 16.2. The molecule has 0 rings (SSSR count). The fourth-order valence-corrected chi connectivity index (χ4v) is 0. The van der Waals surface area contributed by atoms with E-state index in [1.54, 1.807) is 0 Å². The van der Waals surface area contributed by atoms with Crippen molar-refractivity contribution < 1.29 is 11.3 Å². The van der Waals surface area contributed by atoms with Crippen LogP contribution in [0.3, 0.4) is 0 Å². The molecule has 0 unspecified atom stereocenters. The summed E-state index contributed by atoms with van der Waals surface area (Å²) < 4.78 is 0. The molecule has 0 bridgehead atoms. The van der Waals surface area contributed by atoms with Gasteiger partial charge in [0.15, 0.2) is 0 Å². The first kappa shape index (κ1) is 9.45. The van der Waals surface area contributed by atoms with Gasteiger partial charge in [0, 0.05) is 8.54 Å². The molecule has 0 aromatic carbocycles. The van der Waals surface area contributed by atoms with Crippen LogP contribution in [-0.4, -0.2) is 19.0 Å². The number of aliphatic hydroxyl groups is 1. The minimum Gasteiger partial charge on any atom is -0.400 e. The van der Waals surface area contributed by atoms with Crippen LogP contribution in [0.25, 0.3) is 0 Å². The standard InChI is InChI=1S/CH4O.CH2O.H2/c2*1-2;/h2H,1H3;1H2;1H. The third-order valence-electron chi connectivity index (χ3n) is 0. The molecular weight excluding hydrogens is 56.0 g/mol. The highest BCUT2D eigenvalue weighted by molar-refractivity contribution is 5.10. The monoisotopic (exact) mass is 64.1 g/mol. The van der Waals surface area contributed by atoms with Crippen LogP contribution in [0.4, 0.5) is 0 Å². The van der Waals surface area contributed by atoms with Gasteiger partial charge in [-0.05, 0) is 0 Å². The maximum atomic E-state index is 8.00. The van der Waals surface area contributed by atoms with E-state index in [9.17, 15) is 0 Å². The highest BCUT2D eigenvalue weighted by Gasteiger charge is 0.839. The summed E-state index contributed by atoms with van der Waals surface area (Å²) in [4.78, 5) is 8.00. The summed E-state index contributed by atoms with van der Waals surface area (Å²) in [5, 5.41) is 7.00. The summed E-state index contributed by atoms with van der Waals surface area (Å²) in [6.07, 6.45) is 0. The number of carbonyl (C=O) groups is 1. The van der Waals surface area contributed by atoms with Gasteiger partial charge >= 0.3 is 0 Å². The Morgan fingerprint density at radius 1 is 1.75 bits per heavy atom. The number of hydrogen-bond acceptors (Lipinski definition) is 2. The zero-order chi connectivity index (χ0) is 4.00. The van der Waals surface area contributed by atoms with E-state index in [2.05, 4.69) is 0 Å². The number of hydrogen-bond donors (Lipinski definition) is 1. The Hall–Kier alpha value is -0.370. The van der Waals surface area contributed by atoms with E-state index in [0.717, 1.165) is 7.11 Å². The van der Waals surface area contributed by atoms with Crippen LogP contribution in [0.15, 0.2) is 0 Å². The molecule has 0 aromatic heterocycles. The molecule has 0 fully saturated rings. The van der Waals surface area contributed by atoms with E-state index in [1.165, 1.54) is 0 Å². The predicted octanol–water partition coefficient (Wildman–Crippen LogP) is -0.330. The molecular formula is C2H8O2. The Morgan fingerprint density at radius 2 is 1.75 bits per heavy atom. The zero-order valence-corrected chi connectivity index (χ0v) is 2.56. The van der Waals surface area contributed by atoms with Crippen molar-refractivity contribution >= 4 is 6.79 Å². The van der Waals surface area contributed by atoms with Crippen LogP contribution in [0.5, 0.6) is 0 Å². The first-order valence-corrected chi connectivity index (χ1v) is 0.736. The molecule has 0 radical (unpaired) electrons. The maximum absolute atomic E-state index is 8.00. The van der Waals surface area contributed by atoms with Gasteiger partial charge in [-0.25, -0.2) is 0 Å². The first-order valence-electron chi connectivity index (χ1n) is 0.736. The first-order chi connectivity index (χ1) is 2.00. The average molecular weight is 64.1 g/mol. The lowest BCUT2D eigenvalue weighted by Crippen LogP contribution is -1.25. The largest absolute Gasteiger partial charge is 0.400 e. The molecule has 4 heavy (non-hydrogen) atoms. The SMILES string of the molecule is C=O.CO.[HH]. The van der Waals surface area contributed by atoms with Gasteiger partial charge in [-0.3, -0.25) is 0 Å². The second kappa shape index (κ2) is 51.0. The van der Waals surface area contributed by atoms with Crippen LogP contribution in [0.1, 0.15) is 1.43 Å². The summed E-state index contributed by atoms with van der Waals surface area (Å²) in [6.45, 7) is 2.00. The van der Waals surface area contributed by atoms with Gasteiger partial charge < -0.3 is 9.90 Å². The molecule has 0 saturated heterocycles. The van der Waals surface area contributed by atoms with Crippen molar-refractivity contribution in [3.05, 3.63) is 0 Å². The van der Waals surface area contributed by atoms with Gasteiger partial charge in [0.2, 0.25) is 0 Å². The maximum Gasteiger partial charge on any atom is 0.106 e. The van der Waals surface area contributed by atoms with E-state index in [4.69, 9.17) is 9.90 Å². The van der Waals surface area contributed by atoms with Crippen LogP contribution >= 0.6 is 0 Å². The lowest BCUT2D eigenvalue weighted by molar-refractivity contribution is -0.0979. The van der Waals surface area contributed by atoms with Gasteiger partial charge in [-0.15, -0.1) is 0 Å². The van der Waals surface area contributed by atoms with Crippen molar-refractivity contribution in [1.82, 2.24) is 0 Å². The van der Waals surface area contributed by atoms with Crippen LogP contribution < -0.4 is 0 Å². The fraction of sp³-hybridized carbons (Fsp3) is 0.500. The third kappa shape index (κ3) is 4.73. The third-order valence-corrected chi connectivity index (χ3v) is 0. The molecule has 0 spiro atoms. The number of aliphatic hydroxyl groups excluding tert-OH is 1. The number of carbonyl (C=O) groups excluding carboxylic acids is 1. The van der Waals surface area contributed by atoms with Crippen LogP contribution in [-0.2, 0) is 4.79 Å². The van der Waals surface area contributed by atoms with Crippen LogP contribution in [0, 0.1) is 0 Å². The predicted molar refractivity (Wildman–Crippen MR) is 17.4 cm³/mol. The minimum atomic E-state index is 0. The smallest absolute Gasteiger partial charge is 0.106 e. The number of rotatable bonds is 0. The van der Waals surface area contributed by atoms with E-state index < -0.39 is 0 Å². The Kier molecular flexibility index (Phi) is 121. The molecule has 1 N–H and O–H groups in total. The Morgan fingerprint density at radius 3 is 1.75 bits per heavy atom. The quantitative estimate of drug-likeness (QED) is 0.418. The van der Waals surface area contributed by atoms with E-state index in [1.807, 2.05) is 6.79 Å². The van der Waals surface area contributed by atoms with Gasteiger partial charge in [-0.2, -0.15) is 0 Å². The van der Waals surface area contributed by atoms with Gasteiger partial charge in [0.05, 0.1) is 0 Å². The molecule has 0 aliphatic heterocycles. The highest BCUT2D eigenvalue weighted by Crippen LogP contribution is 0.755. The Bertz CT molecular complexity index is 7.61. The minimum absolute atomic E-state index is 0. The Labute approximate surface area is 26.6 Å². The summed E-state index contributed by atoms with van der Waals surface area (Å²) in [5.41, 5.74) is 0. The summed E-state index contributed by atoms with van der Waals surface area (Å²) in [7, 11) is 1.00. The molecule has 2 heteroatoms. The van der Waals surface area contributed by atoms with Crippen molar-refractivity contribution in [3.8, 4) is 0 Å². The lowest BCUT2D eigenvalue weighted by Gasteiger charge is -1.21. The normalized spacial score (nSPS) is 2.50. The summed E-state index contributed by atoms with van der Waals surface area (Å²) in [6, 6.07) is 0. The van der Waals surface area contributed by atoms with E-state index >= 15 is 0 Å². The molecule has 0 saturated carbocycles. The Balaban J connectivity index is -0.0000000133. The van der Waals surface area contributed by atoms with Crippen LogP contribution in [0.2, 0.25) is 0 Å². The van der Waals surface area contributed by atoms with Crippen molar-refractivity contribution in [1.29, 1.82) is 0 Å². The molecule has 0 amide bonds. The summed E-state index contributed by atoms with van der Waals surface area (Å²) >= 11 is 0. The molecule has 28 valence electrons. The van der Waals surface area contributed by atoms with E-state index in [0.29, 0.717) is 0 Å². The lowest BCUT2D eigenvalue weighted by atomic mass is 11.8. The van der Waals surface area contributed by atoms with Crippen molar-refractivity contribution in [3.63, 3.8) is 0 Å². The average Bonchev–Trinajstić information content (AvgIpc) is 1.50. The van der Waals surface area contributed by atoms with Gasteiger partial charge in [-0.1, -0.05) is 0 Å². The van der Waals surface area contributed by atoms with Gasteiger partial charge in [0.1, 0.15) is 6.79 Å². The molecule has 0 aromatic rings. The fourth-order valence-electron chi connectivity index (χ4n) is 0. The van der Waals surface area contributed by atoms with E-state index in [-0.39, 0.29) is 1.43 Å². The van der Waals surface area contributed by atoms with Gasteiger partial charge in [0.25, 0.3) is 0 Å². The molecule has 2 nitrogen and oxygen atoms in total. The molecule has 0 heterocycles. The second-order valence-electron chi connectivity index (χ2n) is 0. The summed E-state index contributed by atoms with van der Waals surface area (Å²) in [5.74, 6) is 0. The second-order valence-corrected chi connectivity index (χ2v) is 0. The molecule has 0 aliphatic rings.